The van der Waals surface area contributed by atoms with Gasteiger partial charge in [0.15, 0.2) is 0 Å². The van der Waals surface area contributed by atoms with E-state index in [1.165, 1.54) is 9.13 Å². The van der Waals surface area contributed by atoms with Gasteiger partial charge in [-0.05, 0) is 47.2 Å². The Kier molecular flexibility index (Phi) is 3.65. The van der Waals surface area contributed by atoms with Crippen LogP contribution in [0.15, 0.2) is 22.7 Å². The van der Waals surface area contributed by atoms with Gasteiger partial charge in [-0.3, -0.25) is 0 Å². The predicted molar refractivity (Wildman–Crippen MR) is 61.1 cm³/mol. The summed E-state index contributed by atoms with van der Waals surface area (Å²) in [5.74, 6) is 0. The van der Waals surface area contributed by atoms with Crippen molar-refractivity contribution in [2.24, 2.45) is 0 Å². The van der Waals surface area contributed by atoms with Crippen molar-refractivity contribution in [3.8, 4) is 0 Å². The van der Waals surface area contributed by atoms with Gasteiger partial charge >= 0.3 is 0 Å². The molecule has 0 heterocycles. The first kappa shape index (κ1) is 9.81. The van der Waals surface area contributed by atoms with Crippen LogP contribution >= 0.6 is 50.1 Å². The topological polar surface area (TPSA) is 0 Å². The molecule has 3 heteroatoms. The lowest BCUT2D eigenvalue weighted by atomic mass is 10.2. The Morgan fingerprint density at radius 3 is 2.55 bits per heavy atom. The van der Waals surface area contributed by atoms with Crippen LogP contribution in [0.3, 0.4) is 0 Å². The van der Waals surface area contributed by atoms with Crippen LogP contribution in [0.5, 0.6) is 0 Å². The second-order valence-corrected chi connectivity index (χ2v) is 4.92. The predicted octanol–water partition coefficient (Wildman–Crippen LogP) is 4.35. The van der Waals surface area contributed by atoms with Crippen LogP contribution in [0, 0.1) is 3.57 Å². The highest BCUT2D eigenvalue weighted by Crippen LogP contribution is 2.31. The van der Waals surface area contributed by atoms with Crippen molar-refractivity contribution in [1.82, 2.24) is 0 Å². The first-order valence-electron chi connectivity index (χ1n) is 3.21. The van der Waals surface area contributed by atoms with E-state index in [0.717, 1.165) is 4.47 Å². The Balaban J connectivity index is 3.21. The fraction of sp³-hybridized carbons (Fsp3) is 0.250. The third kappa shape index (κ3) is 2.33. The van der Waals surface area contributed by atoms with Crippen LogP contribution in [0.25, 0.3) is 0 Å². The molecule has 1 aromatic rings. The third-order valence-corrected chi connectivity index (χ3v) is 3.25. The minimum absolute atomic E-state index is 0.0671. The maximum atomic E-state index is 5.98. The van der Waals surface area contributed by atoms with Crippen molar-refractivity contribution in [2.75, 3.05) is 0 Å². The van der Waals surface area contributed by atoms with Crippen LogP contribution in [-0.4, -0.2) is 0 Å². The second-order valence-electron chi connectivity index (χ2n) is 2.25. The molecule has 60 valence electrons. The quantitative estimate of drug-likeness (QED) is 0.524. The standard InChI is InChI=1S/C8H7BrClI/c1-5(10)8-6(9)3-2-4-7(8)11/h2-5H,1H3. The molecule has 1 aromatic carbocycles. The van der Waals surface area contributed by atoms with Gasteiger partial charge in [0.25, 0.3) is 0 Å². The second kappa shape index (κ2) is 4.10. The summed E-state index contributed by atoms with van der Waals surface area (Å²) < 4.78 is 2.30. The molecule has 0 aromatic heterocycles. The summed E-state index contributed by atoms with van der Waals surface area (Å²) in [6, 6.07) is 6.07. The van der Waals surface area contributed by atoms with Crippen molar-refractivity contribution in [1.29, 1.82) is 0 Å². The van der Waals surface area contributed by atoms with Crippen molar-refractivity contribution >= 4 is 50.1 Å². The zero-order valence-corrected chi connectivity index (χ0v) is 10.4. The lowest BCUT2D eigenvalue weighted by molar-refractivity contribution is 1.06. The summed E-state index contributed by atoms with van der Waals surface area (Å²) in [4.78, 5) is 0. The smallest absolute Gasteiger partial charge is 0.0578 e. The Labute approximate surface area is 93.6 Å². The van der Waals surface area contributed by atoms with Gasteiger partial charge in [-0.15, -0.1) is 11.6 Å². The van der Waals surface area contributed by atoms with E-state index in [1.807, 2.05) is 19.1 Å². The number of benzene rings is 1. The van der Waals surface area contributed by atoms with Crippen LogP contribution in [0.1, 0.15) is 17.9 Å². The molecule has 0 aliphatic rings. The molecule has 0 bridgehead atoms. The molecular weight excluding hydrogens is 338 g/mol. The first-order valence-corrected chi connectivity index (χ1v) is 5.51. The molecule has 0 radical (unpaired) electrons. The number of rotatable bonds is 1. The highest BCUT2D eigenvalue weighted by molar-refractivity contribution is 14.1. The summed E-state index contributed by atoms with van der Waals surface area (Å²) in [5.41, 5.74) is 1.18. The van der Waals surface area contributed by atoms with Gasteiger partial charge in [0.1, 0.15) is 0 Å². The van der Waals surface area contributed by atoms with E-state index in [0.29, 0.717) is 0 Å². The molecule has 1 atom stereocenters. The minimum atomic E-state index is 0.0671. The molecule has 0 spiro atoms. The van der Waals surface area contributed by atoms with Crippen molar-refractivity contribution in [2.45, 2.75) is 12.3 Å². The van der Waals surface area contributed by atoms with E-state index in [-0.39, 0.29) is 5.38 Å². The van der Waals surface area contributed by atoms with Crippen LogP contribution in [0.4, 0.5) is 0 Å². The van der Waals surface area contributed by atoms with E-state index in [2.05, 4.69) is 44.6 Å². The molecule has 0 aliphatic heterocycles. The normalized spacial score (nSPS) is 13.1. The average molecular weight is 345 g/mol. The third-order valence-electron chi connectivity index (χ3n) is 1.40. The highest BCUT2D eigenvalue weighted by Gasteiger charge is 2.08. The molecule has 0 saturated heterocycles. The molecule has 11 heavy (non-hydrogen) atoms. The summed E-state index contributed by atoms with van der Waals surface area (Å²) in [7, 11) is 0. The van der Waals surface area contributed by atoms with Crippen LogP contribution in [0.2, 0.25) is 0 Å². The summed E-state index contributed by atoms with van der Waals surface area (Å²) in [6.45, 7) is 1.98. The largest absolute Gasteiger partial charge is 0.118 e. The molecule has 0 fully saturated rings. The summed E-state index contributed by atoms with van der Waals surface area (Å²) >= 11 is 11.7. The van der Waals surface area contributed by atoms with E-state index in [1.54, 1.807) is 0 Å². The molecule has 0 aliphatic carbocycles. The van der Waals surface area contributed by atoms with Gasteiger partial charge < -0.3 is 0 Å². The van der Waals surface area contributed by atoms with E-state index < -0.39 is 0 Å². The monoisotopic (exact) mass is 344 g/mol. The molecular formula is C8H7BrClI. The van der Waals surface area contributed by atoms with Crippen molar-refractivity contribution < 1.29 is 0 Å². The number of hydrogen-bond acceptors (Lipinski definition) is 0. The molecule has 1 unspecified atom stereocenters. The van der Waals surface area contributed by atoms with Crippen LogP contribution in [-0.2, 0) is 0 Å². The highest BCUT2D eigenvalue weighted by atomic mass is 127. The fourth-order valence-corrected chi connectivity index (χ4v) is 3.49. The van der Waals surface area contributed by atoms with Gasteiger partial charge in [-0.2, -0.15) is 0 Å². The Morgan fingerprint density at radius 1 is 1.55 bits per heavy atom. The number of hydrogen-bond donors (Lipinski definition) is 0. The maximum Gasteiger partial charge on any atom is 0.0578 e. The van der Waals surface area contributed by atoms with Crippen molar-refractivity contribution in [3.05, 3.63) is 31.8 Å². The summed E-state index contributed by atoms with van der Waals surface area (Å²) in [5, 5.41) is 0.0671. The molecule has 0 nitrogen and oxygen atoms in total. The van der Waals surface area contributed by atoms with Crippen LogP contribution < -0.4 is 0 Å². The zero-order chi connectivity index (χ0) is 8.43. The van der Waals surface area contributed by atoms with E-state index in [9.17, 15) is 0 Å². The lowest BCUT2D eigenvalue weighted by Crippen LogP contribution is -1.90. The minimum Gasteiger partial charge on any atom is -0.118 e. The maximum absolute atomic E-state index is 5.98. The van der Waals surface area contributed by atoms with E-state index >= 15 is 0 Å². The first-order chi connectivity index (χ1) is 5.13. The van der Waals surface area contributed by atoms with Gasteiger partial charge in [0, 0.05) is 8.04 Å². The molecule has 0 N–H and O–H groups in total. The molecule has 0 saturated carbocycles. The van der Waals surface area contributed by atoms with Gasteiger partial charge in [-0.25, -0.2) is 0 Å². The van der Waals surface area contributed by atoms with E-state index in [4.69, 9.17) is 11.6 Å². The van der Waals surface area contributed by atoms with Gasteiger partial charge in [0.05, 0.1) is 5.38 Å². The Morgan fingerprint density at radius 2 is 2.18 bits per heavy atom. The molecule has 0 amide bonds. The Hall–Kier alpha value is 0.720. The van der Waals surface area contributed by atoms with Crippen molar-refractivity contribution in [3.63, 3.8) is 0 Å². The number of halogens is 3. The average Bonchev–Trinajstić information content (AvgIpc) is 1.85. The number of alkyl halides is 1. The zero-order valence-electron chi connectivity index (χ0n) is 5.94. The Bertz CT molecular complexity index is 240. The van der Waals surface area contributed by atoms with Gasteiger partial charge in [0.2, 0.25) is 0 Å². The SMILES string of the molecule is CC(Cl)c1c(Br)cccc1I. The fourth-order valence-electron chi connectivity index (χ4n) is 0.891. The molecule has 1 rings (SSSR count). The summed E-state index contributed by atoms with van der Waals surface area (Å²) in [6.07, 6.45) is 0. The van der Waals surface area contributed by atoms with Gasteiger partial charge in [-0.1, -0.05) is 22.0 Å². The lowest BCUT2D eigenvalue weighted by Gasteiger charge is -2.08.